The Bertz CT molecular complexity index is 1100. The second-order valence-electron chi connectivity index (χ2n) is 12.0. The minimum atomic E-state index is -0.197. The zero-order valence-corrected chi connectivity index (χ0v) is 22.9. The highest BCUT2D eigenvalue weighted by atomic mass is 79.9. The summed E-state index contributed by atoms with van der Waals surface area (Å²) < 4.78 is 12.7. The summed E-state index contributed by atoms with van der Waals surface area (Å²) in [7, 11) is 1.64. The van der Waals surface area contributed by atoms with E-state index < -0.39 is 0 Å². The first-order chi connectivity index (χ1) is 16.6. The molecule has 2 unspecified atom stereocenters. The summed E-state index contributed by atoms with van der Waals surface area (Å²) in [5.41, 5.74) is 3.97. The summed E-state index contributed by atoms with van der Waals surface area (Å²) in [4.78, 5) is 12.6. The van der Waals surface area contributed by atoms with Gasteiger partial charge in [0.25, 0.3) is 5.91 Å². The Balaban J connectivity index is 1.31. The number of carbonyl (C=O) groups is 1. The topological polar surface area (TPSA) is 59.6 Å². The molecule has 1 amide bonds. The van der Waals surface area contributed by atoms with Gasteiger partial charge in [-0.1, -0.05) is 47.5 Å². The second kappa shape index (κ2) is 9.11. The third-order valence-corrected chi connectivity index (χ3v) is 9.08. The first kappa shape index (κ1) is 24.6. The summed E-state index contributed by atoms with van der Waals surface area (Å²) in [6.45, 7) is 7.60. The number of carbonyl (C=O) groups excluding carboxylic acids is 1. The van der Waals surface area contributed by atoms with Crippen LogP contribution in [0.1, 0.15) is 63.5 Å². The van der Waals surface area contributed by atoms with Crippen molar-refractivity contribution in [3.8, 4) is 11.5 Å². The number of anilines is 1. The number of nitrogens with one attached hydrogen (secondary N) is 2. The Hall–Kier alpha value is -2.05. The smallest absolute Gasteiger partial charge is 0.262 e. The number of hydrogen-bond donors (Lipinski definition) is 2. The molecule has 5 nitrogen and oxygen atoms in total. The average Bonchev–Trinajstić information content (AvgIpc) is 2.76. The lowest BCUT2D eigenvalue weighted by Crippen LogP contribution is -2.63. The Morgan fingerprint density at radius 2 is 1.71 bits per heavy atom. The molecule has 0 saturated heterocycles. The summed E-state index contributed by atoms with van der Waals surface area (Å²) >= 11 is 3.73. The minimum absolute atomic E-state index is 0.0863. The number of rotatable bonds is 8. The molecule has 4 fully saturated rings. The molecule has 0 heterocycles. The van der Waals surface area contributed by atoms with Gasteiger partial charge >= 0.3 is 0 Å². The first-order valence-corrected chi connectivity index (χ1v) is 13.5. The molecule has 6 heteroatoms. The van der Waals surface area contributed by atoms with Crippen LogP contribution in [0.2, 0.25) is 0 Å². The van der Waals surface area contributed by atoms with Crippen LogP contribution >= 0.6 is 15.9 Å². The molecular formula is C29H37BrN2O3. The molecule has 0 aromatic heterocycles. The molecule has 188 valence electrons. The van der Waals surface area contributed by atoms with E-state index in [4.69, 9.17) is 9.47 Å². The largest absolute Gasteiger partial charge is 0.493 e. The second-order valence-corrected chi connectivity index (χ2v) is 12.9. The summed E-state index contributed by atoms with van der Waals surface area (Å²) in [5.74, 6) is 1.88. The number of amides is 1. The van der Waals surface area contributed by atoms with E-state index in [0.29, 0.717) is 28.9 Å². The van der Waals surface area contributed by atoms with E-state index in [0.717, 1.165) is 27.2 Å². The fourth-order valence-electron chi connectivity index (χ4n) is 7.96. The molecule has 0 radical (unpaired) electrons. The van der Waals surface area contributed by atoms with Crippen LogP contribution in [0.15, 0.2) is 40.9 Å². The number of ether oxygens (including phenoxy) is 2. The predicted molar refractivity (Wildman–Crippen MR) is 143 cm³/mol. The van der Waals surface area contributed by atoms with Gasteiger partial charge in [-0.2, -0.15) is 0 Å². The minimum Gasteiger partial charge on any atom is -0.493 e. The van der Waals surface area contributed by atoms with E-state index in [1.807, 2.05) is 43.3 Å². The zero-order chi connectivity index (χ0) is 24.8. The maximum absolute atomic E-state index is 12.6. The number of hydrogen-bond acceptors (Lipinski definition) is 4. The van der Waals surface area contributed by atoms with Crippen molar-refractivity contribution in [2.75, 3.05) is 19.0 Å². The molecule has 4 aliphatic rings. The third kappa shape index (κ3) is 5.10. The van der Waals surface area contributed by atoms with Gasteiger partial charge in [0.05, 0.1) is 7.11 Å². The lowest BCUT2D eigenvalue weighted by molar-refractivity contribution is -0.119. The van der Waals surface area contributed by atoms with Gasteiger partial charge in [-0.3, -0.25) is 4.79 Å². The van der Waals surface area contributed by atoms with Gasteiger partial charge in [-0.15, -0.1) is 0 Å². The highest BCUT2D eigenvalue weighted by molar-refractivity contribution is 9.10. The van der Waals surface area contributed by atoms with Crippen molar-refractivity contribution in [1.82, 2.24) is 5.32 Å². The van der Waals surface area contributed by atoms with E-state index in [1.165, 1.54) is 38.5 Å². The molecule has 4 bridgehead atoms. The zero-order valence-electron chi connectivity index (χ0n) is 21.3. The van der Waals surface area contributed by atoms with Gasteiger partial charge in [0.1, 0.15) is 0 Å². The Morgan fingerprint density at radius 1 is 1.03 bits per heavy atom. The maximum Gasteiger partial charge on any atom is 0.262 e. The van der Waals surface area contributed by atoms with E-state index in [1.54, 1.807) is 7.11 Å². The fraction of sp³-hybridized carbons (Fsp3) is 0.552. The molecule has 2 N–H and O–H groups in total. The fourth-order valence-corrected chi connectivity index (χ4v) is 8.41. The lowest BCUT2D eigenvalue weighted by Gasteiger charge is -2.65. The Morgan fingerprint density at radius 3 is 2.34 bits per heavy atom. The van der Waals surface area contributed by atoms with E-state index in [9.17, 15) is 4.79 Å². The molecule has 2 aromatic rings. The predicted octanol–water partition coefficient (Wildman–Crippen LogP) is 6.62. The van der Waals surface area contributed by atoms with Crippen LogP contribution in [0.25, 0.3) is 0 Å². The standard InChI is InChI=1S/C29H37BrN2O3/c1-19-5-7-21(8-6-19)32-25(33)15-35-26-22(23(30)9-10-24(26)34-4)14-31-29-13-20-11-27(2,17-29)16-28(3,12-20)18-29/h5-10,20,31H,11-18H2,1-4H3,(H,32,33). The van der Waals surface area contributed by atoms with Crippen LogP contribution in [-0.4, -0.2) is 25.2 Å². The van der Waals surface area contributed by atoms with Crippen molar-refractivity contribution in [1.29, 1.82) is 0 Å². The number of methoxy groups -OCH3 is 1. The maximum atomic E-state index is 12.6. The van der Waals surface area contributed by atoms with Crippen molar-refractivity contribution >= 4 is 27.5 Å². The van der Waals surface area contributed by atoms with Gasteiger partial charge in [-0.05, 0) is 86.5 Å². The van der Waals surface area contributed by atoms with Crippen molar-refractivity contribution in [3.05, 3.63) is 52.0 Å². The van der Waals surface area contributed by atoms with Crippen molar-refractivity contribution in [2.45, 2.75) is 71.4 Å². The average molecular weight is 542 g/mol. The molecule has 4 saturated carbocycles. The Kier molecular flexibility index (Phi) is 6.41. The van der Waals surface area contributed by atoms with Crippen molar-refractivity contribution < 1.29 is 14.3 Å². The van der Waals surface area contributed by atoms with Gasteiger partial charge in [0, 0.05) is 27.8 Å². The quantitative estimate of drug-likeness (QED) is 0.394. The monoisotopic (exact) mass is 540 g/mol. The molecule has 6 rings (SSSR count). The van der Waals surface area contributed by atoms with Gasteiger partial charge in [-0.25, -0.2) is 0 Å². The molecular weight excluding hydrogens is 504 g/mol. The molecule has 2 aromatic carbocycles. The molecule has 4 aliphatic carbocycles. The normalized spacial score (nSPS) is 30.8. The van der Waals surface area contributed by atoms with Gasteiger partial charge in [0.15, 0.2) is 18.1 Å². The number of halogens is 1. The van der Waals surface area contributed by atoms with E-state index >= 15 is 0 Å². The summed E-state index contributed by atoms with van der Waals surface area (Å²) in [5, 5.41) is 6.90. The highest BCUT2D eigenvalue weighted by Crippen LogP contribution is 2.66. The van der Waals surface area contributed by atoms with Crippen LogP contribution in [0, 0.1) is 23.7 Å². The first-order valence-electron chi connectivity index (χ1n) is 12.7. The van der Waals surface area contributed by atoms with Crippen LogP contribution < -0.4 is 20.1 Å². The van der Waals surface area contributed by atoms with E-state index in [-0.39, 0.29) is 18.1 Å². The SMILES string of the molecule is COc1ccc(Br)c(CNC23CC4CC(C)(CC(C)(C4)C2)C3)c1OCC(=O)Nc1ccc(C)cc1. The molecule has 35 heavy (non-hydrogen) atoms. The molecule has 0 spiro atoms. The number of benzene rings is 2. The summed E-state index contributed by atoms with van der Waals surface area (Å²) in [6.07, 6.45) is 7.84. The van der Waals surface area contributed by atoms with Crippen LogP contribution in [0.3, 0.4) is 0 Å². The van der Waals surface area contributed by atoms with Crippen LogP contribution in [0.5, 0.6) is 11.5 Å². The molecule has 2 atom stereocenters. The van der Waals surface area contributed by atoms with Gasteiger partial charge < -0.3 is 20.1 Å². The van der Waals surface area contributed by atoms with E-state index in [2.05, 4.69) is 40.4 Å². The van der Waals surface area contributed by atoms with Crippen LogP contribution in [0.4, 0.5) is 5.69 Å². The molecule has 0 aliphatic heterocycles. The van der Waals surface area contributed by atoms with Crippen molar-refractivity contribution in [2.24, 2.45) is 16.7 Å². The van der Waals surface area contributed by atoms with Crippen LogP contribution in [-0.2, 0) is 11.3 Å². The number of aryl methyl sites for hydroxylation is 1. The van der Waals surface area contributed by atoms with Crippen molar-refractivity contribution in [3.63, 3.8) is 0 Å². The summed E-state index contributed by atoms with van der Waals surface area (Å²) in [6, 6.07) is 11.6. The third-order valence-electron chi connectivity index (χ3n) is 8.34. The van der Waals surface area contributed by atoms with Gasteiger partial charge in [0.2, 0.25) is 0 Å². The highest BCUT2D eigenvalue weighted by Gasteiger charge is 2.59. The Labute approximate surface area is 217 Å². The lowest BCUT2D eigenvalue weighted by atomic mass is 9.43.